The van der Waals surface area contributed by atoms with Gasteiger partial charge in [-0.3, -0.25) is 0 Å². The highest BCUT2D eigenvalue weighted by atomic mass is 35.5. The maximum absolute atomic E-state index is 6.13. The van der Waals surface area contributed by atoms with Crippen molar-refractivity contribution in [2.75, 3.05) is 26.2 Å². The predicted molar refractivity (Wildman–Crippen MR) is 70.7 cm³/mol. The molecule has 0 amide bonds. The quantitative estimate of drug-likeness (QED) is 0.815. The summed E-state index contributed by atoms with van der Waals surface area (Å²) >= 11 is 6.13. The van der Waals surface area contributed by atoms with Crippen LogP contribution in [0.25, 0.3) is 0 Å². The van der Waals surface area contributed by atoms with Gasteiger partial charge in [0.15, 0.2) is 0 Å². The largest absolute Gasteiger partial charge is 0.492 e. The first-order valence-electron chi connectivity index (χ1n) is 6.12. The van der Waals surface area contributed by atoms with Gasteiger partial charge in [0.1, 0.15) is 5.75 Å². The molecule has 0 aromatic heterocycles. The lowest BCUT2D eigenvalue weighted by molar-refractivity contribution is 0.331. The van der Waals surface area contributed by atoms with E-state index >= 15 is 0 Å². The lowest BCUT2D eigenvalue weighted by atomic mass is 10.0. The van der Waals surface area contributed by atoms with Crippen LogP contribution in [0.15, 0.2) is 18.2 Å². The van der Waals surface area contributed by atoms with E-state index in [-0.39, 0.29) is 0 Å². The molecule has 1 aliphatic rings. The topological polar surface area (TPSA) is 33.3 Å². The molecule has 94 valence electrons. The number of hydrogen-bond donors (Lipinski definition) is 2. The molecule has 1 heterocycles. The van der Waals surface area contributed by atoms with E-state index in [2.05, 4.69) is 16.7 Å². The van der Waals surface area contributed by atoms with E-state index < -0.39 is 0 Å². The average Bonchev–Trinajstić information content (AvgIpc) is 2.26. The number of ether oxygens (including phenoxy) is 1. The molecule has 1 saturated heterocycles. The van der Waals surface area contributed by atoms with Crippen LogP contribution in [0.1, 0.15) is 12.5 Å². The lowest BCUT2D eigenvalue weighted by Gasteiger charge is -2.27. The number of halogens is 1. The summed E-state index contributed by atoms with van der Waals surface area (Å²) in [5.74, 6) is 1.55. The van der Waals surface area contributed by atoms with Gasteiger partial charge in [-0.25, -0.2) is 0 Å². The second kappa shape index (κ2) is 6.24. The number of benzene rings is 1. The number of rotatable bonds is 6. The second-order valence-corrected chi connectivity index (χ2v) is 4.76. The number of nitrogens with one attached hydrogen (secondary N) is 2. The highest BCUT2D eigenvalue weighted by molar-refractivity contribution is 6.32. The Balaban J connectivity index is 1.81. The summed E-state index contributed by atoms with van der Waals surface area (Å²) in [4.78, 5) is 0. The van der Waals surface area contributed by atoms with Gasteiger partial charge in [-0.15, -0.1) is 0 Å². The Bertz CT molecular complexity index is 366. The first-order chi connectivity index (χ1) is 8.29. The predicted octanol–water partition coefficient (Wildman–Crippen LogP) is 2.05. The van der Waals surface area contributed by atoms with E-state index in [0.717, 1.165) is 37.8 Å². The molecular weight excluding hydrogens is 236 g/mol. The second-order valence-electron chi connectivity index (χ2n) is 4.35. The monoisotopic (exact) mass is 254 g/mol. The molecule has 1 aliphatic heterocycles. The third-order valence-electron chi connectivity index (χ3n) is 2.92. The Hall–Kier alpha value is -0.770. The first kappa shape index (κ1) is 12.7. The van der Waals surface area contributed by atoms with E-state index in [1.807, 2.05) is 19.1 Å². The Labute approximate surface area is 107 Å². The molecule has 1 aromatic carbocycles. The summed E-state index contributed by atoms with van der Waals surface area (Å²) in [6.07, 6.45) is 0. The fourth-order valence-electron chi connectivity index (χ4n) is 1.84. The summed E-state index contributed by atoms with van der Waals surface area (Å²) in [6.45, 7) is 6.80. The van der Waals surface area contributed by atoms with E-state index in [1.54, 1.807) is 0 Å². The van der Waals surface area contributed by atoms with Crippen LogP contribution in [0, 0.1) is 5.92 Å². The van der Waals surface area contributed by atoms with Crippen LogP contribution in [0.2, 0.25) is 5.02 Å². The van der Waals surface area contributed by atoms with Crippen LogP contribution in [0.3, 0.4) is 0 Å². The van der Waals surface area contributed by atoms with Crippen LogP contribution in [0.5, 0.6) is 5.75 Å². The zero-order valence-electron chi connectivity index (χ0n) is 10.1. The lowest BCUT2D eigenvalue weighted by Crippen LogP contribution is -2.47. The van der Waals surface area contributed by atoms with Crippen LogP contribution in [-0.4, -0.2) is 26.2 Å². The van der Waals surface area contributed by atoms with Crippen LogP contribution < -0.4 is 15.4 Å². The van der Waals surface area contributed by atoms with Crippen molar-refractivity contribution in [3.05, 3.63) is 28.8 Å². The Morgan fingerprint density at radius 3 is 2.88 bits per heavy atom. The van der Waals surface area contributed by atoms with E-state index in [4.69, 9.17) is 16.3 Å². The van der Waals surface area contributed by atoms with Gasteiger partial charge in [-0.05, 0) is 30.5 Å². The molecule has 1 aromatic rings. The molecule has 1 fully saturated rings. The average molecular weight is 255 g/mol. The van der Waals surface area contributed by atoms with Crippen molar-refractivity contribution in [3.63, 3.8) is 0 Å². The van der Waals surface area contributed by atoms with Gasteiger partial charge in [0, 0.05) is 26.2 Å². The first-order valence-corrected chi connectivity index (χ1v) is 6.50. The summed E-state index contributed by atoms with van der Waals surface area (Å²) in [6, 6.07) is 5.97. The number of hydrogen-bond acceptors (Lipinski definition) is 3. The molecule has 0 radical (unpaired) electrons. The standard InChI is InChI=1S/C13H19ClN2O/c1-2-17-13-4-3-10(5-12(13)14)6-15-7-11-8-16-9-11/h3-5,11,15-16H,2,6-9H2,1H3. The third-order valence-corrected chi connectivity index (χ3v) is 3.22. The van der Waals surface area contributed by atoms with E-state index in [9.17, 15) is 0 Å². The zero-order chi connectivity index (χ0) is 12.1. The molecular formula is C13H19ClN2O. The van der Waals surface area contributed by atoms with Gasteiger partial charge < -0.3 is 15.4 Å². The molecule has 2 N–H and O–H groups in total. The molecule has 4 heteroatoms. The summed E-state index contributed by atoms with van der Waals surface area (Å²) in [5, 5.41) is 7.40. The van der Waals surface area contributed by atoms with Crippen molar-refractivity contribution in [1.29, 1.82) is 0 Å². The third kappa shape index (κ3) is 3.60. The SMILES string of the molecule is CCOc1ccc(CNCC2CNC2)cc1Cl. The van der Waals surface area contributed by atoms with Crippen LogP contribution in [0.4, 0.5) is 0 Å². The van der Waals surface area contributed by atoms with Gasteiger partial charge in [0.2, 0.25) is 0 Å². The Kier molecular flexibility index (Phi) is 4.66. The maximum Gasteiger partial charge on any atom is 0.137 e. The molecule has 0 unspecified atom stereocenters. The Morgan fingerprint density at radius 2 is 2.29 bits per heavy atom. The normalized spacial score (nSPS) is 15.6. The highest BCUT2D eigenvalue weighted by Gasteiger charge is 2.15. The van der Waals surface area contributed by atoms with Gasteiger partial charge in [0.05, 0.1) is 11.6 Å². The van der Waals surface area contributed by atoms with Gasteiger partial charge >= 0.3 is 0 Å². The van der Waals surface area contributed by atoms with Crippen molar-refractivity contribution >= 4 is 11.6 Å². The van der Waals surface area contributed by atoms with Gasteiger partial charge in [0.25, 0.3) is 0 Å². The van der Waals surface area contributed by atoms with Gasteiger partial charge in [-0.1, -0.05) is 17.7 Å². The van der Waals surface area contributed by atoms with Crippen molar-refractivity contribution < 1.29 is 4.74 Å². The van der Waals surface area contributed by atoms with E-state index in [0.29, 0.717) is 11.6 Å². The Morgan fingerprint density at radius 1 is 1.47 bits per heavy atom. The summed E-state index contributed by atoms with van der Waals surface area (Å²) in [5.41, 5.74) is 1.20. The van der Waals surface area contributed by atoms with Crippen molar-refractivity contribution in [1.82, 2.24) is 10.6 Å². The molecule has 0 saturated carbocycles. The summed E-state index contributed by atoms with van der Waals surface area (Å²) in [7, 11) is 0. The smallest absolute Gasteiger partial charge is 0.137 e. The van der Waals surface area contributed by atoms with Crippen LogP contribution in [-0.2, 0) is 6.54 Å². The molecule has 0 spiro atoms. The fourth-order valence-corrected chi connectivity index (χ4v) is 2.10. The molecule has 0 atom stereocenters. The molecule has 17 heavy (non-hydrogen) atoms. The zero-order valence-corrected chi connectivity index (χ0v) is 10.9. The van der Waals surface area contributed by atoms with Crippen molar-refractivity contribution in [2.45, 2.75) is 13.5 Å². The highest BCUT2D eigenvalue weighted by Crippen LogP contribution is 2.25. The minimum absolute atomic E-state index is 0.645. The minimum atomic E-state index is 0.645. The molecule has 3 nitrogen and oxygen atoms in total. The van der Waals surface area contributed by atoms with Crippen molar-refractivity contribution in [2.24, 2.45) is 5.92 Å². The van der Waals surface area contributed by atoms with Crippen LogP contribution >= 0.6 is 11.6 Å². The minimum Gasteiger partial charge on any atom is -0.492 e. The molecule has 0 bridgehead atoms. The van der Waals surface area contributed by atoms with Crippen molar-refractivity contribution in [3.8, 4) is 5.75 Å². The molecule has 2 rings (SSSR count). The van der Waals surface area contributed by atoms with E-state index in [1.165, 1.54) is 5.56 Å². The van der Waals surface area contributed by atoms with Gasteiger partial charge in [-0.2, -0.15) is 0 Å². The fraction of sp³-hybridized carbons (Fsp3) is 0.538. The summed E-state index contributed by atoms with van der Waals surface area (Å²) < 4.78 is 5.40. The maximum atomic E-state index is 6.13. The molecule has 0 aliphatic carbocycles.